The molecule has 3 aromatic rings. The molecule has 1 aromatic heterocycles. The maximum Gasteiger partial charge on any atom is 0.264 e. The molecule has 2 heterocycles. The van der Waals surface area contributed by atoms with E-state index in [0.717, 1.165) is 31.6 Å². The fraction of sp³-hybridized carbons (Fsp3) is 0.333. The highest BCUT2D eigenvalue weighted by molar-refractivity contribution is 7.93. The molecule has 5 rings (SSSR count). The van der Waals surface area contributed by atoms with Crippen LogP contribution in [0, 0.1) is 11.7 Å². The fourth-order valence-electron chi connectivity index (χ4n) is 4.21. The fourth-order valence-corrected chi connectivity index (χ4v) is 5.45. The van der Waals surface area contributed by atoms with Gasteiger partial charge in [0, 0.05) is 49.9 Å². The number of aromatic nitrogens is 1. The van der Waals surface area contributed by atoms with Gasteiger partial charge in [-0.3, -0.25) is 19.4 Å². The summed E-state index contributed by atoms with van der Waals surface area (Å²) < 4.78 is 43.0. The predicted octanol–water partition coefficient (Wildman–Crippen LogP) is 3.34. The molecule has 0 bridgehead atoms. The lowest BCUT2D eigenvalue weighted by atomic mass is 10.1. The number of amides is 1. The molecule has 1 amide bonds. The van der Waals surface area contributed by atoms with Gasteiger partial charge in [0.1, 0.15) is 10.7 Å². The first kappa shape index (κ1) is 21.8. The third kappa shape index (κ3) is 4.69. The highest BCUT2D eigenvalue weighted by Gasteiger charge is 2.28. The second-order valence-corrected chi connectivity index (χ2v) is 10.3. The number of benzene rings is 2. The summed E-state index contributed by atoms with van der Waals surface area (Å²) in [5, 5.41) is 0.666. The van der Waals surface area contributed by atoms with Gasteiger partial charge in [-0.25, -0.2) is 12.8 Å². The van der Waals surface area contributed by atoms with Crippen molar-refractivity contribution in [1.29, 1.82) is 0 Å². The molecule has 2 fully saturated rings. The van der Waals surface area contributed by atoms with Gasteiger partial charge in [0.25, 0.3) is 15.9 Å². The van der Waals surface area contributed by atoms with E-state index in [-0.39, 0.29) is 22.1 Å². The number of nitrogens with zero attached hydrogens (tertiary/aromatic N) is 3. The Morgan fingerprint density at radius 1 is 1.06 bits per heavy atom. The minimum absolute atomic E-state index is 0.0378. The first-order valence-electron chi connectivity index (χ1n) is 11.1. The number of fused-ring (bicyclic) bond motifs is 1. The summed E-state index contributed by atoms with van der Waals surface area (Å²) in [6, 6.07) is 12.1. The van der Waals surface area contributed by atoms with E-state index in [1.165, 1.54) is 37.2 Å². The number of halogens is 1. The molecule has 1 N–H and O–H groups in total. The molecule has 172 valence electrons. The minimum atomic E-state index is -4.08. The van der Waals surface area contributed by atoms with E-state index in [4.69, 9.17) is 0 Å². The number of anilines is 1. The molecule has 7 nitrogen and oxygen atoms in total. The zero-order valence-corrected chi connectivity index (χ0v) is 18.9. The molecule has 1 saturated carbocycles. The van der Waals surface area contributed by atoms with Gasteiger partial charge in [-0.1, -0.05) is 18.2 Å². The number of sulfonamides is 1. The molecule has 33 heavy (non-hydrogen) atoms. The number of pyridine rings is 1. The standard InChI is InChI=1S/C24H25FN4O3S/c25-20-15-19(24(30)29-13-11-28(12-14-29)16-17-6-7-17)8-9-21(20)27-33(31,32)22-5-1-3-18-4-2-10-26-23(18)22/h1-5,8-10,15,17,27H,6-7,11-14,16H2. The van der Waals surface area contributed by atoms with Crippen LogP contribution in [0.2, 0.25) is 0 Å². The minimum Gasteiger partial charge on any atom is -0.336 e. The first-order valence-corrected chi connectivity index (χ1v) is 12.6. The van der Waals surface area contributed by atoms with E-state index in [1.54, 1.807) is 29.2 Å². The van der Waals surface area contributed by atoms with E-state index in [1.807, 2.05) is 0 Å². The van der Waals surface area contributed by atoms with Crippen LogP contribution in [0.5, 0.6) is 0 Å². The van der Waals surface area contributed by atoms with Gasteiger partial charge < -0.3 is 4.90 Å². The molecule has 0 unspecified atom stereocenters. The van der Waals surface area contributed by atoms with Crippen LogP contribution in [0.25, 0.3) is 10.9 Å². The van der Waals surface area contributed by atoms with E-state index in [9.17, 15) is 17.6 Å². The van der Waals surface area contributed by atoms with Crippen LogP contribution in [0.3, 0.4) is 0 Å². The zero-order valence-electron chi connectivity index (χ0n) is 18.1. The van der Waals surface area contributed by atoms with Gasteiger partial charge in [0.05, 0.1) is 11.2 Å². The lowest BCUT2D eigenvalue weighted by Gasteiger charge is -2.34. The van der Waals surface area contributed by atoms with Crippen molar-refractivity contribution in [2.45, 2.75) is 17.7 Å². The Morgan fingerprint density at radius 3 is 2.55 bits per heavy atom. The number of carbonyl (C=O) groups is 1. The van der Waals surface area contributed by atoms with Crippen molar-refractivity contribution in [2.24, 2.45) is 5.92 Å². The Morgan fingerprint density at radius 2 is 1.82 bits per heavy atom. The summed E-state index contributed by atoms with van der Waals surface area (Å²) in [5.41, 5.74) is 0.298. The predicted molar refractivity (Wildman–Crippen MR) is 124 cm³/mol. The van der Waals surface area contributed by atoms with Crippen LogP contribution in [0.15, 0.2) is 59.6 Å². The number of para-hydroxylation sites is 1. The molecule has 2 aromatic carbocycles. The van der Waals surface area contributed by atoms with Crippen molar-refractivity contribution >= 4 is 32.5 Å². The van der Waals surface area contributed by atoms with E-state index >= 15 is 0 Å². The number of hydrogen-bond donors (Lipinski definition) is 1. The Kier molecular flexibility index (Phi) is 5.76. The summed E-state index contributed by atoms with van der Waals surface area (Å²) in [6.07, 6.45) is 4.10. The summed E-state index contributed by atoms with van der Waals surface area (Å²) in [5.74, 6) is -0.236. The zero-order chi connectivity index (χ0) is 23.0. The average molecular weight is 469 g/mol. The normalized spacial score (nSPS) is 17.3. The van der Waals surface area contributed by atoms with Crippen molar-refractivity contribution in [1.82, 2.24) is 14.8 Å². The molecule has 0 radical (unpaired) electrons. The van der Waals surface area contributed by atoms with Crippen LogP contribution in [0.1, 0.15) is 23.2 Å². The highest BCUT2D eigenvalue weighted by Crippen LogP contribution is 2.30. The molecular weight excluding hydrogens is 443 g/mol. The number of piperazine rings is 1. The van der Waals surface area contributed by atoms with Crippen molar-refractivity contribution < 1.29 is 17.6 Å². The second kappa shape index (κ2) is 8.72. The summed E-state index contributed by atoms with van der Waals surface area (Å²) in [4.78, 5) is 21.1. The number of hydrogen-bond acceptors (Lipinski definition) is 5. The monoisotopic (exact) mass is 468 g/mol. The molecule has 1 aliphatic heterocycles. The van der Waals surface area contributed by atoms with Crippen LogP contribution < -0.4 is 4.72 Å². The van der Waals surface area contributed by atoms with Crippen molar-refractivity contribution in [3.63, 3.8) is 0 Å². The maximum absolute atomic E-state index is 14.8. The van der Waals surface area contributed by atoms with Crippen LogP contribution in [0.4, 0.5) is 10.1 Å². The third-order valence-electron chi connectivity index (χ3n) is 6.22. The Balaban J connectivity index is 1.30. The van der Waals surface area contributed by atoms with Gasteiger partial charge in [0.15, 0.2) is 0 Å². The van der Waals surface area contributed by atoms with Gasteiger partial charge in [0.2, 0.25) is 0 Å². The molecule has 1 saturated heterocycles. The smallest absolute Gasteiger partial charge is 0.264 e. The summed E-state index contributed by atoms with van der Waals surface area (Å²) in [6.45, 7) is 3.95. The van der Waals surface area contributed by atoms with Crippen LogP contribution in [-0.2, 0) is 10.0 Å². The van der Waals surface area contributed by atoms with E-state index < -0.39 is 15.8 Å². The summed E-state index contributed by atoms with van der Waals surface area (Å²) in [7, 11) is -4.08. The van der Waals surface area contributed by atoms with Crippen LogP contribution in [-0.4, -0.2) is 61.8 Å². The summed E-state index contributed by atoms with van der Waals surface area (Å²) >= 11 is 0. The van der Waals surface area contributed by atoms with Gasteiger partial charge in [-0.05, 0) is 49.1 Å². The Hall–Kier alpha value is -3.04. The second-order valence-electron chi connectivity index (χ2n) is 8.67. The Bertz CT molecular complexity index is 1300. The molecule has 0 atom stereocenters. The molecule has 0 spiro atoms. The van der Waals surface area contributed by atoms with Gasteiger partial charge >= 0.3 is 0 Å². The topological polar surface area (TPSA) is 82.6 Å². The Labute approximate surface area is 192 Å². The highest BCUT2D eigenvalue weighted by atomic mass is 32.2. The molecule has 9 heteroatoms. The maximum atomic E-state index is 14.8. The van der Waals surface area contributed by atoms with Crippen molar-refractivity contribution in [2.75, 3.05) is 37.4 Å². The largest absolute Gasteiger partial charge is 0.336 e. The lowest BCUT2D eigenvalue weighted by Crippen LogP contribution is -2.49. The number of nitrogens with one attached hydrogen (secondary N) is 1. The van der Waals surface area contributed by atoms with Gasteiger partial charge in [-0.15, -0.1) is 0 Å². The van der Waals surface area contributed by atoms with Gasteiger partial charge in [-0.2, -0.15) is 0 Å². The van der Waals surface area contributed by atoms with Crippen LogP contribution >= 0.6 is 0 Å². The molecule has 2 aliphatic rings. The van der Waals surface area contributed by atoms with Crippen molar-refractivity contribution in [3.05, 3.63) is 66.1 Å². The van der Waals surface area contributed by atoms with E-state index in [0.29, 0.717) is 24.0 Å². The quantitative estimate of drug-likeness (QED) is 0.600. The van der Waals surface area contributed by atoms with E-state index in [2.05, 4.69) is 14.6 Å². The first-order chi connectivity index (χ1) is 15.9. The number of rotatable bonds is 6. The SMILES string of the molecule is O=C(c1ccc(NS(=O)(=O)c2cccc3cccnc23)c(F)c1)N1CCN(CC2CC2)CC1. The third-order valence-corrected chi connectivity index (χ3v) is 7.62. The number of carbonyl (C=O) groups excluding carboxylic acids is 1. The molecule has 1 aliphatic carbocycles. The average Bonchev–Trinajstić information content (AvgIpc) is 3.64. The van der Waals surface area contributed by atoms with Crippen molar-refractivity contribution in [3.8, 4) is 0 Å². The lowest BCUT2D eigenvalue weighted by molar-refractivity contribution is 0.0631. The molecular formula is C24H25FN4O3S.